The molecule has 0 aliphatic carbocycles. The molecule has 0 bridgehead atoms. The standard InChI is InChI=1S/C20H21F3N2O2S/c1-24(13-14-6-8-15(9-7-14)20(21,22)23)19(27)17-5-2-10-25(17)18(26)12-16-4-3-11-28-16/h3-4,6-9,11,17H,2,5,10,12-13H2,1H3. The van der Waals surface area contributed by atoms with Gasteiger partial charge >= 0.3 is 6.18 Å². The number of alkyl halides is 3. The van der Waals surface area contributed by atoms with E-state index in [1.54, 1.807) is 11.9 Å². The molecule has 1 saturated heterocycles. The zero-order valence-electron chi connectivity index (χ0n) is 15.4. The number of carbonyl (C=O) groups is 2. The van der Waals surface area contributed by atoms with E-state index in [-0.39, 0.29) is 24.8 Å². The topological polar surface area (TPSA) is 40.6 Å². The van der Waals surface area contributed by atoms with Crippen LogP contribution in [0, 0.1) is 0 Å². The molecule has 0 N–H and O–H groups in total. The Hall–Kier alpha value is -2.35. The second kappa shape index (κ2) is 8.34. The van der Waals surface area contributed by atoms with Crippen LogP contribution in [0.1, 0.15) is 28.8 Å². The molecule has 1 fully saturated rings. The molecule has 2 heterocycles. The number of likely N-dealkylation sites (tertiary alicyclic amines) is 1. The summed E-state index contributed by atoms with van der Waals surface area (Å²) in [5.74, 6) is -0.252. The van der Waals surface area contributed by atoms with E-state index >= 15 is 0 Å². The third kappa shape index (κ3) is 4.73. The highest BCUT2D eigenvalue weighted by Crippen LogP contribution is 2.29. The van der Waals surface area contributed by atoms with Crippen molar-refractivity contribution in [3.05, 3.63) is 57.8 Å². The number of rotatable bonds is 5. The minimum atomic E-state index is -4.38. The number of hydrogen-bond acceptors (Lipinski definition) is 3. The fraction of sp³-hybridized carbons (Fsp3) is 0.400. The quantitative estimate of drug-likeness (QED) is 0.749. The predicted molar refractivity (Wildman–Crippen MR) is 101 cm³/mol. The van der Waals surface area contributed by atoms with Gasteiger partial charge in [0.1, 0.15) is 6.04 Å². The number of benzene rings is 1. The maximum atomic E-state index is 12.8. The highest BCUT2D eigenvalue weighted by atomic mass is 32.1. The Labute approximate surface area is 165 Å². The van der Waals surface area contributed by atoms with Crippen LogP contribution in [0.5, 0.6) is 0 Å². The monoisotopic (exact) mass is 410 g/mol. The summed E-state index contributed by atoms with van der Waals surface area (Å²) in [7, 11) is 1.61. The Morgan fingerprint density at radius 2 is 1.93 bits per heavy atom. The highest BCUT2D eigenvalue weighted by molar-refractivity contribution is 7.10. The summed E-state index contributed by atoms with van der Waals surface area (Å²) in [4.78, 5) is 29.5. The number of nitrogens with zero attached hydrogens (tertiary/aromatic N) is 2. The van der Waals surface area contributed by atoms with Gasteiger partial charge in [0.05, 0.1) is 12.0 Å². The van der Waals surface area contributed by atoms with Crippen LogP contribution >= 0.6 is 11.3 Å². The Kier molecular flexibility index (Phi) is 6.07. The van der Waals surface area contributed by atoms with Crippen molar-refractivity contribution < 1.29 is 22.8 Å². The molecule has 0 saturated carbocycles. The molecule has 4 nitrogen and oxygen atoms in total. The van der Waals surface area contributed by atoms with Crippen molar-refractivity contribution in [2.24, 2.45) is 0 Å². The average molecular weight is 410 g/mol. The maximum Gasteiger partial charge on any atom is 0.416 e. The van der Waals surface area contributed by atoms with Gasteiger partial charge in [-0.2, -0.15) is 13.2 Å². The Balaban J connectivity index is 1.62. The molecule has 1 aliphatic heterocycles. The highest BCUT2D eigenvalue weighted by Gasteiger charge is 2.35. The first-order valence-electron chi connectivity index (χ1n) is 8.98. The van der Waals surface area contributed by atoms with Crippen molar-refractivity contribution in [3.63, 3.8) is 0 Å². The van der Waals surface area contributed by atoms with E-state index in [4.69, 9.17) is 0 Å². The van der Waals surface area contributed by atoms with E-state index in [0.717, 1.165) is 23.4 Å². The molecule has 0 spiro atoms. The second-order valence-corrected chi connectivity index (χ2v) is 7.92. The van der Waals surface area contributed by atoms with Gasteiger partial charge in [-0.3, -0.25) is 9.59 Å². The van der Waals surface area contributed by atoms with Crippen molar-refractivity contribution >= 4 is 23.2 Å². The smallest absolute Gasteiger partial charge is 0.340 e. The van der Waals surface area contributed by atoms with Gasteiger partial charge in [-0.05, 0) is 42.0 Å². The van der Waals surface area contributed by atoms with Gasteiger partial charge in [0.2, 0.25) is 11.8 Å². The summed E-state index contributed by atoms with van der Waals surface area (Å²) in [6.07, 6.45) is -2.73. The lowest BCUT2D eigenvalue weighted by Gasteiger charge is -2.28. The summed E-state index contributed by atoms with van der Waals surface area (Å²) in [6, 6.07) is 8.05. The minimum Gasteiger partial charge on any atom is -0.340 e. The third-order valence-corrected chi connectivity index (χ3v) is 5.72. The SMILES string of the molecule is CN(Cc1ccc(C(F)(F)F)cc1)C(=O)C1CCCN1C(=O)Cc1cccs1. The predicted octanol–water partition coefficient (Wildman–Crippen LogP) is 3.96. The van der Waals surface area contributed by atoms with Crippen LogP contribution in [0.15, 0.2) is 41.8 Å². The first-order valence-corrected chi connectivity index (χ1v) is 9.86. The van der Waals surface area contributed by atoms with Crippen LogP contribution < -0.4 is 0 Å². The number of amides is 2. The van der Waals surface area contributed by atoms with Crippen LogP contribution in [0.25, 0.3) is 0 Å². The summed E-state index contributed by atoms with van der Waals surface area (Å²) in [5.41, 5.74) is -0.107. The lowest BCUT2D eigenvalue weighted by molar-refractivity contribution is -0.143. The minimum absolute atomic E-state index is 0.0683. The van der Waals surface area contributed by atoms with Crippen molar-refractivity contribution in [1.82, 2.24) is 9.80 Å². The van der Waals surface area contributed by atoms with Gasteiger partial charge in [-0.25, -0.2) is 0 Å². The van der Waals surface area contributed by atoms with Crippen molar-refractivity contribution in [3.8, 4) is 0 Å². The van der Waals surface area contributed by atoms with Gasteiger partial charge in [0.15, 0.2) is 0 Å². The largest absolute Gasteiger partial charge is 0.416 e. The Morgan fingerprint density at radius 3 is 2.54 bits per heavy atom. The molecule has 1 aliphatic rings. The molecule has 1 aromatic heterocycles. The molecule has 8 heteroatoms. The number of halogens is 3. The van der Waals surface area contributed by atoms with Crippen molar-refractivity contribution in [2.75, 3.05) is 13.6 Å². The molecule has 28 heavy (non-hydrogen) atoms. The van der Waals surface area contributed by atoms with Crippen LogP contribution in [0.3, 0.4) is 0 Å². The van der Waals surface area contributed by atoms with Crippen LogP contribution in [-0.4, -0.2) is 41.2 Å². The van der Waals surface area contributed by atoms with Crippen molar-refractivity contribution in [1.29, 1.82) is 0 Å². The molecule has 0 radical (unpaired) electrons. The fourth-order valence-electron chi connectivity index (χ4n) is 3.39. The normalized spacial score (nSPS) is 17.0. The third-order valence-electron chi connectivity index (χ3n) is 4.84. The van der Waals surface area contributed by atoms with E-state index < -0.39 is 17.8 Å². The van der Waals surface area contributed by atoms with Gasteiger partial charge in [0, 0.05) is 25.0 Å². The lowest BCUT2D eigenvalue weighted by Crippen LogP contribution is -2.46. The van der Waals surface area contributed by atoms with Gasteiger partial charge in [0.25, 0.3) is 0 Å². The summed E-state index contributed by atoms with van der Waals surface area (Å²) >= 11 is 1.51. The van der Waals surface area contributed by atoms with Crippen molar-refractivity contribution in [2.45, 2.75) is 38.0 Å². The number of likely N-dealkylation sites (N-methyl/N-ethyl adjacent to an activating group) is 1. The molecular formula is C20H21F3N2O2S. The van der Waals surface area contributed by atoms with E-state index in [1.165, 1.54) is 28.4 Å². The van der Waals surface area contributed by atoms with E-state index in [1.807, 2.05) is 17.5 Å². The van der Waals surface area contributed by atoms with Crippen LogP contribution in [0.4, 0.5) is 13.2 Å². The molecule has 3 rings (SSSR count). The molecule has 150 valence electrons. The summed E-state index contributed by atoms with van der Waals surface area (Å²) in [5, 5.41) is 1.91. The molecule has 1 aromatic carbocycles. The lowest BCUT2D eigenvalue weighted by atomic mass is 10.1. The number of carbonyl (C=O) groups excluding carboxylic acids is 2. The van der Waals surface area contributed by atoms with E-state index in [0.29, 0.717) is 18.5 Å². The van der Waals surface area contributed by atoms with Gasteiger partial charge < -0.3 is 9.80 Å². The zero-order chi connectivity index (χ0) is 20.3. The second-order valence-electron chi connectivity index (χ2n) is 6.89. The molecular weight excluding hydrogens is 389 g/mol. The van der Waals surface area contributed by atoms with Crippen LogP contribution in [-0.2, 0) is 28.7 Å². The van der Waals surface area contributed by atoms with E-state index in [2.05, 4.69) is 0 Å². The zero-order valence-corrected chi connectivity index (χ0v) is 16.2. The fourth-order valence-corrected chi connectivity index (χ4v) is 4.09. The summed E-state index contributed by atoms with van der Waals surface area (Å²) in [6.45, 7) is 0.745. The average Bonchev–Trinajstić information content (AvgIpc) is 3.32. The first kappa shape index (κ1) is 20.4. The molecule has 2 aromatic rings. The number of thiophene rings is 1. The first-order chi connectivity index (χ1) is 13.3. The Morgan fingerprint density at radius 1 is 1.21 bits per heavy atom. The Bertz CT molecular complexity index is 819. The number of hydrogen-bond donors (Lipinski definition) is 0. The van der Waals surface area contributed by atoms with Gasteiger partial charge in [-0.15, -0.1) is 11.3 Å². The molecule has 1 atom stereocenters. The molecule has 1 unspecified atom stereocenters. The van der Waals surface area contributed by atoms with Gasteiger partial charge in [-0.1, -0.05) is 18.2 Å². The summed E-state index contributed by atoms with van der Waals surface area (Å²) < 4.78 is 38.0. The maximum absolute atomic E-state index is 12.8. The van der Waals surface area contributed by atoms with E-state index in [9.17, 15) is 22.8 Å². The van der Waals surface area contributed by atoms with Crippen LogP contribution in [0.2, 0.25) is 0 Å². The molecule has 2 amide bonds.